The van der Waals surface area contributed by atoms with E-state index in [1.165, 1.54) is 0 Å². The van der Waals surface area contributed by atoms with Gasteiger partial charge >= 0.3 is 0 Å². The van der Waals surface area contributed by atoms with E-state index < -0.39 is 11.5 Å². The van der Waals surface area contributed by atoms with Crippen LogP contribution in [0.4, 0.5) is 0 Å². The van der Waals surface area contributed by atoms with Crippen molar-refractivity contribution in [3.63, 3.8) is 0 Å². The molecule has 0 saturated carbocycles. The molecule has 4 nitrogen and oxygen atoms in total. The van der Waals surface area contributed by atoms with Crippen molar-refractivity contribution in [2.75, 3.05) is 0 Å². The highest BCUT2D eigenvalue weighted by atomic mass is 16.3. The van der Waals surface area contributed by atoms with Crippen molar-refractivity contribution in [1.82, 2.24) is 5.43 Å². The number of hydrazone groups is 1. The maximum Gasteiger partial charge on any atom is 0.281 e. The van der Waals surface area contributed by atoms with Crippen molar-refractivity contribution in [2.24, 2.45) is 5.10 Å². The van der Waals surface area contributed by atoms with Crippen LogP contribution in [0.5, 0.6) is 0 Å². The van der Waals surface area contributed by atoms with Gasteiger partial charge in [-0.15, -0.1) is 0 Å². The monoisotopic (exact) mass is 310 g/mol. The van der Waals surface area contributed by atoms with Crippen LogP contribution in [0, 0.1) is 0 Å². The van der Waals surface area contributed by atoms with Gasteiger partial charge in [-0.05, 0) is 24.5 Å². The van der Waals surface area contributed by atoms with E-state index in [0.717, 1.165) is 18.6 Å². The fourth-order valence-corrected chi connectivity index (χ4v) is 2.43. The van der Waals surface area contributed by atoms with E-state index in [2.05, 4.69) is 10.5 Å². The molecule has 4 heteroatoms. The van der Waals surface area contributed by atoms with Gasteiger partial charge < -0.3 is 5.11 Å². The molecule has 1 amide bonds. The molecule has 0 saturated heterocycles. The van der Waals surface area contributed by atoms with Gasteiger partial charge in [-0.2, -0.15) is 5.10 Å². The van der Waals surface area contributed by atoms with Crippen LogP contribution in [0.25, 0.3) is 0 Å². The van der Waals surface area contributed by atoms with Crippen LogP contribution in [0.3, 0.4) is 0 Å². The lowest BCUT2D eigenvalue weighted by molar-refractivity contribution is -0.136. The molecule has 0 aliphatic heterocycles. The topological polar surface area (TPSA) is 61.7 Å². The van der Waals surface area contributed by atoms with Crippen molar-refractivity contribution in [1.29, 1.82) is 0 Å². The first-order valence-electron chi connectivity index (χ1n) is 7.76. The molecule has 0 aliphatic rings. The number of rotatable bonds is 6. The highest BCUT2D eigenvalue weighted by Crippen LogP contribution is 2.29. The van der Waals surface area contributed by atoms with Crippen LogP contribution in [0.1, 0.15) is 37.8 Å². The Kier molecular flexibility index (Phi) is 5.66. The van der Waals surface area contributed by atoms with Crippen molar-refractivity contribution in [3.8, 4) is 0 Å². The predicted octanol–water partition coefficient (Wildman–Crippen LogP) is 3.21. The average molecular weight is 310 g/mol. The van der Waals surface area contributed by atoms with Crippen LogP contribution in [0.2, 0.25) is 0 Å². The number of nitrogens with zero attached hydrogens (tertiary/aromatic N) is 1. The van der Waals surface area contributed by atoms with Gasteiger partial charge in [-0.25, -0.2) is 5.43 Å². The minimum absolute atomic E-state index is 0.507. The Bertz CT molecular complexity index is 627. The van der Waals surface area contributed by atoms with Crippen LogP contribution in [0.15, 0.2) is 65.8 Å². The molecule has 0 heterocycles. The molecule has 0 bridgehead atoms. The van der Waals surface area contributed by atoms with E-state index >= 15 is 0 Å². The molecule has 0 radical (unpaired) electrons. The van der Waals surface area contributed by atoms with E-state index in [-0.39, 0.29) is 0 Å². The second-order valence-corrected chi connectivity index (χ2v) is 5.48. The summed E-state index contributed by atoms with van der Waals surface area (Å²) in [7, 11) is 0. The van der Waals surface area contributed by atoms with Crippen LogP contribution in [-0.4, -0.2) is 16.7 Å². The maximum atomic E-state index is 12.7. The summed E-state index contributed by atoms with van der Waals surface area (Å²) in [5, 5.41) is 15.3. The van der Waals surface area contributed by atoms with Gasteiger partial charge in [0.15, 0.2) is 5.60 Å². The number of benzene rings is 2. The summed E-state index contributed by atoms with van der Waals surface area (Å²) in [5.74, 6) is -0.564. The molecule has 0 aromatic heterocycles. The minimum Gasteiger partial charge on any atom is -0.372 e. The van der Waals surface area contributed by atoms with E-state index in [9.17, 15) is 9.90 Å². The van der Waals surface area contributed by atoms with Crippen LogP contribution >= 0.6 is 0 Å². The standard InChI is InChI=1S/C19H22N2O2/c1-3-10-15(2)20-21-18(22)19(23,16-11-6-4-7-12-16)17-13-8-5-9-14-17/h4-9,11-14,23H,3,10H2,1-2H3,(H,21,22). The van der Waals surface area contributed by atoms with Gasteiger partial charge in [0, 0.05) is 5.71 Å². The van der Waals surface area contributed by atoms with Gasteiger partial charge in [0.1, 0.15) is 0 Å². The molecule has 0 fully saturated rings. The Morgan fingerprint density at radius 3 is 1.96 bits per heavy atom. The molecular weight excluding hydrogens is 288 g/mol. The summed E-state index contributed by atoms with van der Waals surface area (Å²) in [6.07, 6.45) is 1.75. The zero-order chi connectivity index (χ0) is 16.7. The van der Waals surface area contributed by atoms with Gasteiger partial charge in [0.2, 0.25) is 0 Å². The molecular formula is C19H22N2O2. The largest absolute Gasteiger partial charge is 0.372 e. The summed E-state index contributed by atoms with van der Waals surface area (Å²) < 4.78 is 0. The lowest BCUT2D eigenvalue weighted by Gasteiger charge is -2.27. The van der Waals surface area contributed by atoms with Gasteiger partial charge in [-0.1, -0.05) is 74.0 Å². The van der Waals surface area contributed by atoms with Crippen LogP contribution in [-0.2, 0) is 10.4 Å². The third-order valence-electron chi connectivity index (χ3n) is 3.67. The first-order valence-corrected chi connectivity index (χ1v) is 7.76. The fourth-order valence-electron chi connectivity index (χ4n) is 2.43. The van der Waals surface area contributed by atoms with Crippen molar-refractivity contribution in [2.45, 2.75) is 32.3 Å². The molecule has 120 valence electrons. The second-order valence-electron chi connectivity index (χ2n) is 5.48. The number of amides is 1. The van der Waals surface area contributed by atoms with Gasteiger partial charge in [0.05, 0.1) is 0 Å². The molecule has 0 atom stereocenters. The Morgan fingerprint density at radius 2 is 1.52 bits per heavy atom. The van der Waals surface area contributed by atoms with Crippen molar-refractivity contribution >= 4 is 11.6 Å². The molecule has 2 aromatic rings. The first kappa shape index (κ1) is 16.9. The average Bonchev–Trinajstić information content (AvgIpc) is 2.60. The molecule has 0 aliphatic carbocycles. The highest BCUT2D eigenvalue weighted by molar-refractivity contribution is 5.91. The van der Waals surface area contributed by atoms with Crippen molar-refractivity contribution in [3.05, 3.63) is 71.8 Å². The molecule has 2 aromatic carbocycles. The summed E-state index contributed by atoms with van der Waals surface area (Å²) in [6, 6.07) is 17.8. The first-order chi connectivity index (χ1) is 11.1. The number of carbonyl (C=O) groups is 1. The number of hydrogen-bond acceptors (Lipinski definition) is 3. The highest BCUT2D eigenvalue weighted by Gasteiger charge is 2.39. The quantitative estimate of drug-likeness (QED) is 0.635. The summed E-state index contributed by atoms with van der Waals surface area (Å²) >= 11 is 0. The van der Waals surface area contributed by atoms with E-state index in [0.29, 0.717) is 11.1 Å². The SMILES string of the molecule is CCCC(C)=NNC(=O)C(O)(c1ccccc1)c1ccccc1. The number of aliphatic hydroxyl groups is 1. The van der Waals surface area contributed by atoms with E-state index in [1.54, 1.807) is 48.5 Å². The van der Waals surface area contributed by atoms with Gasteiger partial charge in [-0.3, -0.25) is 4.79 Å². The molecule has 0 unspecified atom stereocenters. The minimum atomic E-state index is -1.78. The number of carbonyl (C=O) groups excluding carboxylic acids is 1. The number of nitrogens with one attached hydrogen (secondary N) is 1. The van der Waals surface area contributed by atoms with Gasteiger partial charge in [0.25, 0.3) is 5.91 Å². The summed E-state index contributed by atoms with van der Waals surface area (Å²) in [4.78, 5) is 12.7. The Balaban J connectivity index is 2.39. The summed E-state index contributed by atoms with van der Waals surface area (Å²) in [6.45, 7) is 3.90. The Hall–Kier alpha value is -2.46. The molecule has 0 spiro atoms. The zero-order valence-electron chi connectivity index (χ0n) is 13.5. The number of hydrogen-bond donors (Lipinski definition) is 2. The lowest BCUT2D eigenvalue weighted by atomic mass is 9.85. The van der Waals surface area contributed by atoms with Crippen LogP contribution < -0.4 is 5.43 Å². The maximum absolute atomic E-state index is 12.7. The van der Waals surface area contributed by atoms with E-state index in [4.69, 9.17) is 0 Å². The lowest BCUT2D eigenvalue weighted by Crippen LogP contribution is -2.43. The summed E-state index contributed by atoms with van der Waals surface area (Å²) in [5.41, 5.74) is 2.56. The molecule has 23 heavy (non-hydrogen) atoms. The Morgan fingerprint density at radius 1 is 1.04 bits per heavy atom. The fraction of sp³-hybridized carbons (Fsp3) is 0.263. The molecule has 2 rings (SSSR count). The smallest absolute Gasteiger partial charge is 0.281 e. The zero-order valence-corrected chi connectivity index (χ0v) is 13.5. The predicted molar refractivity (Wildman–Crippen MR) is 92.0 cm³/mol. The second kappa shape index (κ2) is 7.70. The van der Waals surface area contributed by atoms with E-state index in [1.807, 2.05) is 26.0 Å². The molecule has 2 N–H and O–H groups in total. The third-order valence-corrected chi connectivity index (χ3v) is 3.67. The normalized spacial score (nSPS) is 12.0. The Labute approximate surface area is 136 Å². The van der Waals surface area contributed by atoms with Crippen molar-refractivity contribution < 1.29 is 9.90 Å². The third kappa shape index (κ3) is 3.85.